The van der Waals surface area contributed by atoms with Crippen molar-refractivity contribution in [1.82, 2.24) is 10.2 Å². The van der Waals surface area contributed by atoms with Crippen molar-refractivity contribution in [2.45, 2.75) is 19.4 Å². The van der Waals surface area contributed by atoms with Gasteiger partial charge in [-0.15, -0.1) is 0 Å². The van der Waals surface area contributed by atoms with E-state index >= 15 is 0 Å². The molecule has 0 spiro atoms. The summed E-state index contributed by atoms with van der Waals surface area (Å²) in [5.74, 6) is -0.803. The molecule has 162 valence electrons. The molecule has 10 heteroatoms. The van der Waals surface area contributed by atoms with Crippen molar-refractivity contribution >= 4 is 74.0 Å². The van der Waals surface area contributed by atoms with Crippen LogP contribution in [-0.4, -0.2) is 46.9 Å². The van der Waals surface area contributed by atoms with Crippen molar-refractivity contribution in [2.24, 2.45) is 0 Å². The van der Waals surface area contributed by atoms with Gasteiger partial charge in [0.1, 0.15) is 6.04 Å². The van der Waals surface area contributed by atoms with Gasteiger partial charge in [0.05, 0.1) is 12.1 Å². The molecule has 2 aromatic carbocycles. The minimum absolute atomic E-state index is 0.0841. The second kappa shape index (κ2) is 10.2. The Morgan fingerprint density at radius 1 is 1.13 bits per heavy atom. The molecule has 2 aromatic rings. The Kier molecular flexibility index (Phi) is 7.64. The molecule has 3 rings (SSSR count). The molecule has 1 fully saturated rings. The Labute approximate surface area is 198 Å². The van der Waals surface area contributed by atoms with E-state index in [1.165, 1.54) is 11.8 Å². The van der Waals surface area contributed by atoms with Gasteiger partial charge in [-0.1, -0.05) is 27.5 Å². The van der Waals surface area contributed by atoms with Crippen LogP contribution in [0.2, 0.25) is 5.02 Å². The minimum Gasteiger partial charge on any atom is -0.355 e. The number of nitrogens with one attached hydrogen (secondary N) is 2. The van der Waals surface area contributed by atoms with Gasteiger partial charge in [0.25, 0.3) is 5.91 Å². The van der Waals surface area contributed by atoms with Crippen LogP contribution in [0.4, 0.5) is 11.4 Å². The molecule has 3 amide bonds. The van der Waals surface area contributed by atoms with Gasteiger partial charge in [-0.25, -0.2) is 0 Å². The molecule has 1 aliphatic heterocycles. The number of amides is 3. The van der Waals surface area contributed by atoms with Gasteiger partial charge in [0.15, 0.2) is 5.11 Å². The standard InChI is InChI=1S/C21H20BrClN4O3S/c1-13(28)24-10-11-26-18(12-19(29)25-16-6-2-14(22)3-7-16)20(30)27(21(26)31)17-8-4-15(23)5-9-17/h2-9,18H,10-12H2,1H3,(H,24,28)(H,25,29). The number of hydrogen-bond acceptors (Lipinski definition) is 4. The quantitative estimate of drug-likeness (QED) is 0.542. The second-order valence-electron chi connectivity index (χ2n) is 6.88. The minimum atomic E-state index is -0.785. The van der Waals surface area contributed by atoms with Crippen LogP contribution in [0.3, 0.4) is 0 Å². The lowest BCUT2D eigenvalue weighted by molar-refractivity contribution is -0.124. The molecular weight excluding hydrogens is 504 g/mol. The summed E-state index contributed by atoms with van der Waals surface area (Å²) < 4.78 is 0.893. The Morgan fingerprint density at radius 2 is 1.77 bits per heavy atom. The Bertz CT molecular complexity index is 1000. The number of carbonyl (C=O) groups excluding carboxylic acids is 3. The fourth-order valence-corrected chi connectivity index (χ4v) is 3.99. The van der Waals surface area contributed by atoms with Crippen molar-refractivity contribution < 1.29 is 14.4 Å². The molecule has 1 heterocycles. The monoisotopic (exact) mass is 522 g/mol. The lowest BCUT2D eigenvalue weighted by Gasteiger charge is -2.24. The number of anilines is 2. The fraction of sp³-hybridized carbons (Fsp3) is 0.238. The van der Waals surface area contributed by atoms with Crippen molar-refractivity contribution in [2.75, 3.05) is 23.3 Å². The second-order valence-corrected chi connectivity index (χ2v) is 8.60. The lowest BCUT2D eigenvalue weighted by atomic mass is 10.1. The summed E-state index contributed by atoms with van der Waals surface area (Å²) in [6, 6.07) is 13.1. The van der Waals surface area contributed by atoms with Crippen LogP contribution in [0.1, 0.15) is 13.3 Å². The van der Waals surface area contributed by atoms with Gasteiger partial charge in [0, 0.05) is 35.2 Å². The molecule has 2 N–H and O–H groups in total. The molecule has 1 aliphatic rings. The summed E-state index contributed by atoms with van der Waals surface area (Å²) in [4.78, 5) is 40.2. The van der Waals surface area contributed by atoms with E-state index in [2.05, 4.69) is 26.6 Å². The van der Waals surface area contributed by atoms with E-state index in [0.717, 1.165) is 4.47 Å². The van der Waals surface area contributed by atoms with Crippen LogP contribution >= 0.6 is 39.7 Å². The van der Waals surface area contributed by atoms with Crippen LogP contribution < -0.4 is 15.5 Å². The first-order chi connectivity index (χ1) is 14.8. The zero-order valence-electron chi connectivity index (χ0n) is 16.6. The van der Waals surface area contributed by atoms with Gasteiger partial charge in [-0.05, 0) is 60.7 Å². The van der Waals surface area contributed by atoms with Gasteiger partial charge in [0.2, 0.25) is 11.8 Å². The molecule has 0 saturated carbocycles. The average molecular weight is 524 g/mol. The highest BCUT2D eigenvalue weighted by Crippen LogP contribution is 2.28. The third kappa shape index (κ3) is 5.81. The number of thiocarbonyl (C=S) groups is 1. The van der Waals surface area contributed by atoms with E-state index in [9.17, 15) is 14.4 Å². The number of carbonyl (C=O) groups is 3. The van der Waals surface area contributed by atoms with Gasteiger partial charge < -0.3 is 15.5 Å². The predicted molar refractivity (Wildman–Crippen MR) is 128 cm³/mol. The maximum atomic E-state index is 13.2. The highest BCUT2D eigenvalue weighted by atomic mass is 79.9. The maximum absolute atomic E-state index is 13.2. The molecular formula is C21H20BrClN4O3S. The fourth-order valence-electron chi connectivity index (χ4n) is 3.19. The van der Waals surface area contributed by atoms with Crippen LogP contribution in [0.5, 0.6) is 0 Å². The number of hydrogen-bond donors (Lipinski definition) is 2. The summed E-state index contributed by atoms with van der Waals surface area (Å²) in [5.41, 5.74) is 1.19. The summed E-state index contributed by atoms with van der Waals surface area (Å²) in [6.07, 6.45) is -0.0841. The number of nitrogens with zero attached hydrogens (tertiary/aromatic N) is 2. The molecule has 0 radical (unpaired) electrons. The van der Waals surface area contributed by atoms with E-state index < -0.39 is 6.04 Å². The summed E-state index contributed by atoms with van der Waals surface area (Å²) in [5, 5.41) is 6.31. The zero-order valence-corrected chi connectivity index (χ0v) is 19.8. The Balaban J connectivity index is 1.79. The van der Waals surface area contributed by atoms with Crippen molar-refractivity contribution in [3.8, 4) is 0 Å². The third-order valence-corrected chi connectivity index (χ3v) is 5.83. The Hall–Kier alpha value is -2.49. The first-order valence-corrected chi connectivity index (χ1v) is 11.0. The highest BCUT2D eigenvalue weighted by molar-refractivity contribution is 9.10. The van der Waals surface area contributed by atoms with Gasteiger partial charge in [-0.2, -0.15) is 0 Å². The molecule has 0 aliphatic carbocycles. The van der Waals surface area contributed by atoms with Crippen LogP contribution in [0.25, 0.3) is 0 Å². The molecule has 0 bridgehead atoms. The number of benzene rings is 2. The van der Waals surface area contributed by atoms with Gasteiger partial charge in [-0.3, -0.25) is 19.3 Å². The van der Waals surface area contributed by atoms with Crippen molar-refractivity contribution in [3.63, 3.8) is 0 Å². The van der Waals surface area contributed by atoms with E-state index in [-0.39, 0.29) is 29.3 Å². The summed E-state index contributed by atoms with van der Waals surface area (Å²) in [6.45, 7) is 2.00. The Morgan fingerprint density at radius 3 is 2.39 bits per heavy atom. The van der Waals surface area contributed by atoms with Crippen LogP contribution in [0, 0.1) is 0 Å². The van der Waals surface area contributed by atoms with E-state index in [0.29, 0.717) is 29.5 Å². The first kappa shape index (κ1) is 23.2. The topological polar surface area (TPSA) is 81.8 Å². The summed E-state index contributed by atoms with van der Waals surface area (Å²) >= 11 is 14.9. The predicted octanol–water partition coefficient (Wildman–Crippen LogP) is 3.57. The largest absolute Gasteiger partial charge is 0.355 e. The first-order valence-electron chi connectivity index (χ1n) is 9.46. The SMILES string of the molecule is CC(=O)NCCN1C(=S)N(c2ccc(Cl)cc2)C(=O)C1CC(=O)Nc1ccc(Br)cc1. The van der Waals surface area contributed by atoms with Crippen molar-refractivity contribution in [3.05, 3.63) is 58.0 Å². The van der Waals surface area contributed by atoms with Gasteiger partial charge >= 0.3 is 0 Å². The molecule has 1 atom stereocenters. The molecule has 1 saturated heterocycles. The number of halogens is 2. The number of rotatable bonds is 7. The van der Waals surface area contributed by atoms with E-state index in [1.807, 2.05) is 12.1 Å². The smallest absolute Gasteiger partial charge is 0.256 e. The molecule has 7 nitrogen and oxygen atoms in total. The van der Waals surface area contributed by atoms with Crippen LogP contribution in [-0.2, 0) is 14.4 Å². The highest BCUT2D eigenvalue weighted by Gasteiger charge is 2.43. The zero-order chi connectivity index (χ0) is 22.5. The van der Waals surface area contributed by atoms with Crippen LogP contribution in [0.15, 0.2) is 53.0 Å². The molecule has 31 heavy (non-hydrogen) atoms. The van der Waals surface area contributed by atoms with Crippen molar-refractivity contribution in [1.29, 1.82) is 0 Å². The molecule has 0 aromatic heterocycles. The molecule has 1 unspecified atom stereocenters. The maximum Gasteiger partial charge on any atom is 0.256 e. The lowest BCUT2D eigenvalue weighted by Crippen LogP contribution is -2.42. The average Bonchev–Trinajstić information content (AvgIpc) is 2.94. The van der Waals surface area contributed by atoms with E-state index in [1.54, 1.807) is 41.3 Å². The third-order valence-electron chi connectivity index (χ3n) is 4.64. The normalized spacial score (nSPS) is 15.9. The summed E-state index contributed by atoms with van der Waals surface area (Å²) in [7, 11) is 0. The van der Waals surface area contributed by atoms with E-state index in [4.69, 9.17) is 23.8 Å².